The summed E-state index contributed by atoms with van der Waals surface area (Å²) in [6, 6.07) is 8.95. The standard InChI is InChI=1S/C26H24N6O5/c1-15-24(34)29-13-18(30-15)21-22-20(19(37-2)14-28-21)17(12-27-22)23(33)26(36)32-10-8-31(9-11-32)25(35)16-6-4-3-5-7-16/h3-7,12-14,27H,8-11H2,1-2H3,(H,29,34). The van der Waals surface area contributed by atoms with Crippen molar-refractivity contribution in [3.05, 3.63) is 76.1 Å². The van der Waals surface area contributed by atoms with Gasteiger partial charge in [0.15, 0.2) is 0 Å². The Morgan fingerprint density at radius 2 is 1.68 bits per heavy atom. The Kier molecular flexibility index (Phi) is 6.26. The first kappa shape index (κ1) is 23.9. The summed E-state index contributed by atoms with van der Waals surface area (Å²) in [5.74, 6) is -1.15. The van der Waals surface area contributed by atoms with Crippen molar-refractivity contribution in [2.75, 3.05) is 33.3 Å². The van der Waals surface area contributed by atoms with Crippen LogP contribution in [0.3, 0.4) is 0 Å². The van der Waals surface area contributed by atoms with Gasteiger partial charge in [-0.05, 0) is 19.1 Å². The van der Waals surface area contributed by atoms with Gasteiger partial charge in [-0.25, -0.2) is 9.97 Å². The molecule has 4 aromatic rings. The lowest BCUT2D eigenvalue weighted by molar-refractivity contribution is -0.127. The Labute approximate surface area is 211 Å². The lowest BCUT2D eigenvalue weighted by Gasteiger charge is -2.34. The molecule has 11 heteroatoms. The third-order valence-electron chi connectivity index (χ3n) is 6.41. The van der Waals surface area contributed by atoms with E-state index >= 15 is 0 Å². The zero-order chi connectivity index (χ0) is 26.1. The van der Waals surface area contributed by atoms with Crippen LogP contribution in [0.2, 0.25) is 0 Å². The number of pyridine rings is 1. The zero-order valence-corrected chi connectivity index (χ0v) is 20.3. The number of hydrogen-bond acceptors (Lipinski definition) is 7. The number of nitrogens with one attached hydrogen (secondary N) is 2. The molecular weight excluding hydrogens is 476 g/mol. The number of fused-ring (bicyclic) bond motifs is 1. The molecule has 2 N–H and O–H groups in total. The number of aryl methyl sites for hydroxylation is 1. The van der Waals surface area contributed by atoms with Gasteiger partial charge in [0.2, 0.25) is 0 Å². The monoisotopic (exact) mass is 500 g/mol. The van der Waals surface area contributed by atoms with Crippen molar-refractivity contribution in [2.45, 2.75) is 6.92 Å². The van der Waals surface area contributed by atoms with Crippen LogP contribution in [0.1, 0.15) is 26.4 Å². The van der Waals surface area contributed by atoms with Crippen LogP contribution in [-0.2, 0) is 4.79 Å². The number of aromatic amines is 2. The lowest BCUT2D eigenvalue weighted by atomic mass is 10.1. The van der Waals surface area contributed by atoms with E-state index in [4.69, 9.17) is 4.74 Å². The molecule has 1 aliphatic rings. The highest BCUT2D eigenvalue weighted by Crippen LogP contribution is 2.34. The first-order chi connectivity index (χ1) is 17.9. The second kappa shape index (κ2) is 9.69. The molecule has 0 radical (unpaired) electrons. The number of methoxy groups -OCH3 is 1. The molecule has 1 aliphatic heterocycles. The molecule has 1 fully saturated rings. The molecular formula is C26H24N6O5. The average molecular weight is 501 g/mol. The average Bonchev–Trinajstić information content (AvgIpc) is 3.39. The summed E-state index contributed by atoms with van der Waals surface area (Å²) in [5, 5.41) is 0.398. The molecule has 37 heavy (non-hydrogen) atoms. The molecule has 1 aromatic carbocycles. The van der Waals surface area contributed by atoms with E-state index in [-0.39, 0.29) is 35.8 Å². The fourth-order valence-corrected chi connectivity index (χ4v) is 4.40. The van der Waals surface area contributed by atoms with Crippen LogP contribution in [0.5, 0.6) is 5.75 Å². The zero-order valence-electron chi connectivity index (χ0n) is 20.3. The number of carbonyl (C=O) groups is 3. The molecule has 2 amide bonds. The number of carbonyl (C=O) groups excluding carboxylic acids is 3. The Bertz CT molecular complexity index is 1570. The second-order valence-corrected chi connectivity index (χ2v) is 8.61. The van der Waals surface area contributed by atoms with E-state index < -0.39 is 11.7 Å². The van der Waals surface area contributed by atoms with E-state index in [1.54, 1.807) is 36.1 Å². The number of piperazine rings is 1. The SMILES string of the molecule is COc1cnc(-c2c[nH]c(=O)c(C)n2)c2[nH]cc(C(=O)C(=O)N3CCN(C(=O)c4ccccc4)CC3)c12. The minimum Gasteiger partial charge on any atom is -0.494 e. The highest BCUT2D eigenvalue weighted by molar-refractivity contribution is 6.45. The van der Waals surface area contributed by atoms with E-state index in [1.807, 2.05) is 6.07 Å². The predicted molar refractivity (Wildman–Crippen MR) is 134 cm³/mol. The fourth-order valence-electron chi connectivity index (χ4n) is 4.40. The van der Waals surface area contributed by atoms with Crippen LogP contribution in [0, 0.1) is 6.92 Å². The van der Waals surface area contributed by atoms with Gasteiger partial charge in [-0.15, -0.1) is 0 Å². The number of Topliss-reactive ketones (excluding diaryl/α,β-unsaturated/α-hetero) is 1. The summed E-state index contributed by atoms with van der Waals surface area (Å²) >= 11 is 0. The Balaban J connectivity index is 1.39. The number of ketones is 1. The maximum atomic E-state index is 13.3. The number of rotatable bonds is 5. The second-order valence-electron chi connectivity index (χ2n) is 8.61. The van der Waals surface area contributed by atoms with Crippen LogP contribution in [0.4, 0.5) is 0 Å². The van der Waals surface area contributed by atoms with E-state index in [0.717, 1.165) is 0 Å². The van der Waals surface area contributed by atoms with Crippen molar-refractivity contribution in [1.29, 1.82) is 0 Å². The van der Waals surface area contributed by atoms with Crippen molar-refractivity contribution >= 4 is 28.5 Å². The van der Waals surface area contributed by atoms with Gasteiger partial charge in [0.25, 0.3) is 23.2 Å². The number of hydrogen-bond donors (Lipinski definition) is 2. The quantitative estimate of drug-likeness (QED) is 0.314. The van der Waals surface area contributed by atoms with Crippen LogP contribution in [-0.4, -0.2) is 80.6 Å². The normalized spacial score (nSPS) is 13.6. The van der Waals surface area contributed by atoms with E-state index in [1.165, 1.54) is 30.6 Å². The van der Waals surface area contributed by atoms with Crippen molar-refractivity contribution in [3.8, 4) is 17.1 Å². The summed E-state index contributed by atoms with van der Waals surface area (Å²) in [6.45, 7) is 2.73. The van der Waals surface area contributed by atoms with Crippen molar-refractivity contribution in [3.63, 3.8) is 0 Å². The summed E-state index contributed by atoms with van der Waals surface area (Å²) in [7, 11) is 1.45. The number of amides is 2. The molecule has 1 saturated heterocycles. The summed E-state index contributed by atoms with van der Waals surface area (Å²) in [5.41, 5.74) is 1.93. The molecule has 3 aromatic heterocycles. The van der Waals surface area contributed by atoms with Gasteiger partial charge in [-0.3, -0.25) is 19.2 Å². The molecule has 0 aliphatic carbocycles. The Hall–Kier alpha value is -4.80. The van der Waals surface area contributed by atoms with Gasteiger partial charge in [0, 0.05) is 44.1 Å². The lowest BCUT2D eigenvalue weighted by Crippen LogP contribution is -2.52. The Morgan fingerprint density at radius 3 is 2.35 bits per heavy atom. The third kappa shape index (κ3) is 4.35. The van der Waals surface area contributed by atoms with Crippen LogP contribution < -0.4 is 10.3 Å². The number of ether oxygens (including phenoxy) is 1. The first-order valence-electron chi connectivity index (χ1n) is 11.7. The van der Waals surface area contributed by atoms with E-state index in [2.05, 4.69) is 19.9 Å². The topological polar surface area (TPSA) is 141 Å². The van der Waals surface area contributed by atoms with Crippen molar-refractivity contribution in [1.82, 2.24) is 29.7 Å². The molecule has 0 unspecified atom stereocenters. The number of nitrogens with zero attached hydrogens (tertiary/aromatic N) is 4. The number of aromatic nitrogens is 4. The minimum absolute atomic E-state index is 0.105. The van der Waals surface area contributed by atoms with Gasteiger partial charge in [0.1, 0.15) is 22.8 Å². The smallest absolute Gasteiger partial charge is 0.295 e. The van der Waals surface area contributed by atoms with E-state index in [0.29, 0.717) is 46.7 Å². The molecule has 0 saturated carbocycles. The third-order valence-corrected chi connectivity index (χ3v) is 6.41. The summed E-state index contributed by atoms with van der Waals surface area (Å²) in [6.07, 6.45) is 4.34. The van der Waals surface area contributed by atoms with Gasteiger partial charge >= 0.3 is 0 Å². The van der Waals surface area contributed by atoms with Crippen LogP contribution in [0.15, 0.2) is 53.7 Å². The highest BCUT2D eigenvalue weighted by atomic mass is 16.5. The summed E-state index contributed by atoms with van der Waals surface area (Å²) in [4.78, 5) is 68.4. The Morgan fingerprint density at radius 1 is 0.973 bits per heavy atom. The van der Waals surface area contributed by atoms with Crippen LogP contribution in [0.25, 0.3) is 22.3 Å². The largest absolute Gasteiger partial charge is 0.494 e. The van der Waals surface area contributed by atoms with Crippen molar-refractivity contribution < 1.29 is 19.1 Å². The predicted octanol–water partition coefficient (Wildman–Crippen LogP) is 1.80. The van der Waals surface area contributed by atoms with Gasteiger partial charge in [0.05, 0.1) is 29.8 Å². The van der Waals surface area contributed by atoms with Crippen molar-refractivity contribution in [2.24, 2.45) is 0 Å². The van der Waals surface area contributed by atoms with E-state index in [9.17, 15) is 19.2 Å². The van der Waals surface area contributed by atoms with Gasteiger partial charge < -0.3 is 24.5 Å². The van der Waals surface area contributed by atoms with Gasteiger partial charge in [-0.1, -0.05) is 18.2 Å². The van der Waals surface area contributed by atoms with Gasteiger partial charge in [-0.2, -0.15) is 0 Å². The molecule has 5 rings (SSSR count). The van der Waals surface area contributed by atoms with Crippen LogP contribution >= 0.6 is 0 Å². The molecule has 188 valence electrons. The molecule has 0 bridgehead atoms. The number of H-pyrrole nitrogens is 2. The molecule has 0 atom stereocenters. The fraction of sp³-hybridized carbons (Fsp3) is 0.231. The highest BCUT2D eigenvalue weighted by Gasteiger charge is 2.31. The maximum Gasteiger partial charge on any atom is 0.295 e. The molecule has 4 heterocycles. The summed E-state index contributed by atoms with van der Waals surface area (Å²) < 4.78 is 5.44. The number of benzene rings is 1. The minimum atomic E-state index is -0.699. The first-order valence-corrected chi connectivity index (χ1v) is 11.7. The maximum absolute atomic E-state index is 13.3. The molecule has 11 nitrogen and oxygen atoms in total. The molecule has 0 spiro atoms.